The maximum absolute atomic E-state index is 12.2. The lowest BCUT2D eigenvalue weighted by Crippen LogP contribution is -2.52. The molecule has 1 fully saturated rings. The van der Waals surface area contributed by atoms with Crippen molar-refractivity contribution in [1.82, 2.24) is 9.88 Å². The molecule has 0 aromatic carbocycles. The predicted molar refractivity (Wildman–Crippen MR) is 75.1 cm³/mol. The lowest BCUT2D eigenvalue weighted by Gasteiger charge is -2.28. The van der Waals surface area contributed by atoms with E-state index in [0.29, 0.717) is 12.2 Å². The van der Waals surface area contributed by atoms with E-state index in [0.717, 1.165) is 31.4 Å². The summed E-state index contributed by atoms with van der Waals surface area (Å²) in [5.74, 6) is -0.00653. The largest absolute Gasteiger partial charge is 0.344 e. The van der Waals surface area contributed by atoms with E-state index in [2.05, 4.69) is 5.32 Å². The molecule has 1 aromatic rings. The molecule has 1 amide bonds. The molecule has 1 saturated carbocycles. The van der Waals surface area contributed by atoms with Gasteiger partial charge >= 0.3 is 0 Å². The minimum atomic E-state index is -0.171. The molecule has 0 radical (unpaired) electrons. The zero-order chi connectivity index (χ0) is 12.5. The SMILES string of the molecule is Cc1ccc(C(=O)NC2(CN)CCCC2)n1C.Cl. The van der Waals surface area contributed by atoms with Crippen LogP contribution in [-0.4, -0.2) is 22.6 Å². The van der Waals surface area contributed by atoms with Crippen LogP contribution in [0.1, 0.15) is 41.9 Å². The molecule has 102 valence electrons. The number of carbonyl (C=O) groups excluding carboxylic acids is 1. The topological polar surface area (TPSA) is 60.1 Å². The summed E-state index contributed by atoms with van der Waals surface area (Å²) in [4.78, 5) is 12.2. The lowest BCUT2D eigenvalue weighted by atomic mass is 9.97. The van der Waals surface area contributed by atoms with Gasteiger partial charge in [0.2, 0.25) is 0 Å². The van der Waals surface area contributed by atoms with Crippen molar-refractivity contribution < 1.29 is 4.79 Å². The van der Waals surface area contributed by atoms with Gasteiger partial charge in [0.25, 0.3) is 5.91 Å². The molecule has 1 aliphatic carbocycles. The van der Waals surface area contributed by atoms with Crippen LogP contribution >= 0.6 is 12.4 Å². The Morgan fingerprint density at radius 1 is 1.44 bits per heavy atom. The standard InChI is InChI=1S/C13H21N3O.ClH/c1-10-5-6-11(16(10)2)12(17)15-13(9-14)7-3-4-8-13;/h5-6H,3-4,7-9,14H2,1-2H3,(H,15,17);1H. The van der Waals surface area contributed by atoms with Gasteiger partial charge in [0.1, 0.15) is 5.69 Å². The third-order valence-corrected chi connectivity index (χ3v) is 3.94. The van der Waals surface area contributed by atoms with Crippen LogP contribution in [-0.2, 0) is 7.05 Å². The van der Waals surface area contributed by atoms with Crippen LogP contribution in [0.5, 0.6) is 0 Å². The van der Waals surface area contributed by atoms with Gasteiger partial charge in [0.05, 0.1) is 5.54 Å². The number of hydrogen-bond acceptors (Lipinski definition) is 2. The molecule has 5 heteroatoms. The number of halogens is 1. The Morgan fingerprint density at radius 3 is 2.50 bits per heavy atom. The normalized spacial score (nSPS) is 17.3. The molecule has 0 bridgehead atoms. The summed E-state index contributed by atoms with van der Waals surface area (Å²) in [5.41, 5.74) is 7.44. The Bertz CT molecular complexity index is 422. The minimum Gasteiger partial charge on any atom is -0.344 e. The molecule has 0 aliphatic heterocycles. The van der Waals surface area contributed by atoms with Crippen LogP contribution in [0.3, 0.4) is 0 Å². The van der Waals surface area contributed by atoms with Gasteiger partial charge in [0.15, 0.2) is 0 Å². The monoisotopic (exact) mass is 271 g/mol. The third-order valence-electron chi connectivity index (χ3n) is 3.94. The Kier molecular flexibility index (Phi) is 4.82. The van der Waals surface area contributed by atoms with Crippen LogP contribution in [0.4, 0.5) is 0 Å². The fourth-order valence-corrected chi connectivity index (χ4v) is 2.58. The molecule has 1 aliphatic rings. The molecule has 1 heterocycles. The average Bonchev–Trinajstić information content (AvgIpc) is 2.89. The van der Waals surface area contributed by atoms with E-state index in [9.17, 15) is 4.79 Å². The summed E-state index contributed by atoms with van der Waals surface area (Å²) in [6.45, 7) is 2.52. The van der Waals surface area contributed by atoms with Gasteiger partial charge in [-0.15, -0.1) is 12.4 Å². The maximum atomic E-state index is 12.2. The number of rotatable bonds is 3. The molecule has 0 spiro atoms. The Morgan fingerprint density at radius 2 is 2.06 bits per heavy atom. The first-order valence-corrected chi connectivity index (χ1v) is 6.23. The van der Waals surface area contributed by atoms with Crippen molar-refractivity contribution in [2.75, 3.05) is 6.54 Å². The lowest BCUT2D eigenvalue weighted by molar-refractivity contribution is 0.0894. The zero-order valence-electron chi connectivity index (χ0n) is 11.0. The maximum Gasteiger partial charge on any atom is 0.268 e. The van der Waals surface area contributed by atoms with E-state index in [1.54, 1.807) is 0 Å². The predicted octanol–water partition coefficient (Wildman–Crippen LogP) is 1.76. The van der Waals surface area contributed by atoms with Crippen molar-refractivity contribution in [2.45, 2.75) is 38.1 Å². The van der Waals surface area contributed by atoms with E-state index < -0.39 is 0 Å². The van der Waals surface area contributed by atoms with Crippen molar-refractivity contribution in [2.24, 2.45) is 12.8 Å². The first-order chi connectivity index (χ1) is 8.08. The highest BCUT2D eigenvalue weighted by Gasteiger charge is 2.34. The second-order valence-electron chi connectivity index (χ2n) is 5.06. The summed E-state index contributed by atoms with van der Waals surface area (Å²) >= 11 is 0. The van der Waals surface area contributed by atoms with Crippen molar-refractivity contribution in [1.29, 1.82) is 0 Å². The summed E-state index contributed by atoms with van der Waals surface area (Å²) in [7, 11) is 1.91. The fraction of sp³-hybridized carbons (Fsp3) is 0.615. The number of nitrogens with two attached hydrogens (primary N) is 1. The quantitative estimate of drug-likeness (QED) is 0.880. The number of aromatic nitrogens is 1. The summed E-state index contributed by atoms with van der Waals surface area (Å²) in [5, 5.41) is 3.13. The van der Waals surface area contributed by atoms with Gasteiger partial charge in [-0.25, -0.2) is 0 Å². The number of nitrogens with one attached hydrogen (secondary N) is 1. The second kappa shape index (κ2) is 5.76. The molecule has 0 atom stereocenters. The molecule has 2 rings (SSSR count). The average molecular weight is 272 g/mol. The van der Waals surface area contributed by atoms with Crippen LogP contribution in [0.25, 0.3) is 0 Å². The zero-order valence-corrected chi connectivity index (χ0v) is 11.8. The Hall–Kier alpha value is -1.00. The highest BCUT2D eigenvalue weighted by atomic mass is 35.5. The van der Waals surface area contributed by atoms with Gasteiger partial charge in [-0.2, -0.15) is 0 Å². The number of nitrogens with zero attached hydrogens (tertiary/aromatic N) is 1. The molecule has 3 N–H and O–H groups in total. The number of amides is 1. The van der Waals surface area contributed by atoms with Crippen LogP contribution in [0.2, 0.25) is 0 Å². The molecular weight excluding hydrogens is 250 g/mol. The van der Waals surface area contributed by atoms with Crippen molar-refractivity contribution >= 4 is 18.3 Å². The Balaban J connectivity index is 0.00000162. The molecule has 0 saturated heterocycles. The third kappa shape index (κ3) is 2.70. The minimum absolute atomic E-state index is 0. The van der Waals surface area contributed by atoms with Gasteiger partial charge in [-0.3, -0.25) is 4.79 Å². The fourth-order valence-electron chi connectivity index (χ4n) is 2.58. The highest BCUT2D eigenvalue weighted by molar-refractivity contribution is 5.93. The smallest absolute Gasteiger partial charge is 0.268 e. The highest BCUT2D eigenvalue weighted by Crippen LogP contribution is 2.28. The van der Waals surface area contributed by atoms with Crippen LogP contribution in [0.15, 0.2) is 12.1 Å². The van der Waals surface area contributed by atoms with Gasteiger partial charge in [-0.1, -0.05) is 12.8 Å². The number of hydrogen-bond donors (Lipinski definition) is 2. The molecule has 1 aromatic heterocycles. The first-order valence-electron chi connectivity index (χ1n) is 6.23. The van der Waals surface area contributed by atoms with Crippen molar-refractivity contribution in [3.63, 3.8) is 0 Å². The van der Waals surface area contributed by atoms with E-state index in [1.807, 2.05) is 30.7 Å². The number of carbonyl (C=O) groups is 1. The van der Waals surface area contributed by atoms with E-state index in [-0.39, 0.29) is 23.9 Å². The van der Waals surface area contributed by atoms with Gasteiger partial charge in [-0.05, 0) is 31.9 Å². The summed E-state index contributed by atoms with van der Waals surface area (Å²) in [6.07, 6.45) is 4.31. The van der Waals surface area contributed by atoms with Crippen LogP contribution in [0, 0.1) is 6.92 Å². The van der Waals surface area contributed by atoms with E-state index in [4.69, 9.17) is 5.73 Å². The van der Waals surface area contributed by atoms with Gasteiger partial charge in [0, 0.05) is 19.3 Å². The van der Waals surface area contributed by atoms with E-state index in [1.165, 1.54) is 0 Å². The molecular formula is C13H22ClN3O. The van der Waals surface area contributed by atoms with Crippen molar-refractivity contribution in [3.05, 3.63) is 23.5 Å². The Labute approximate surface area is 114 Å². The van der Waals surface area contributed by atoms with Crippen molar-refractivity contribution in [3.8, 4) is 0 Å². The number of aryl methyl sites for hydroxylation is 1. The van der Waals surface area contributed by atoms with E-state index >= 15 is 0 Å². The molecule has 0 unspecified atom stereocenters. The summed E-state index contributed by atoms with van der Waals surface area (Å²) in [6, 6.07) is 3.82. The van der Waals surface area contributed by atoms with Gasteiger partial charge < -0.3 is 15.6 Å². The van der Waals surface area contributed by atoms with Crippen LogP contribution < -0.4 is 11.1 Å². The molecule has 4 nitrogen and oxygen atoms in total. The summed E-state index contributed by atoms with van der Waals surface area (Å²) < 4.78 is 1.91. The first kappa shape index (κ1) is 15.1. The molecule has 18 heavy (non-hydrogen) atoms. The second-order valence-corrected chi connectivity index (χ2v) is 5.06.